The maximum atomic E-state index is 6.01. The predicted octanol–water partition coefficient (Wildman–Crippen LogP) is 1.99. The van der Waals surface area contributed by atoms with E-state index in [1.165, 1.54) is 38.9 Å². The summed E-state index contributed by atoms with van der Waals surface area (Å²) in [4.78, 5) is 9.28. The minimum Gasteiger partial charge on any atom is -0.370 e. The lowest BCUT2D eigenvalue weighted by Crippen LogP contribution is -2.36. The highest BCUT2D eigenvalue weighted by atomic mass is 127. The molecular weight excluding hydrogens is 351 g/mol. The zero-order chi connectivity index (χ0) is 13.1. The van der Waals surface area contributed by atoms with Crippen LogP contribution in [0.4, 0.5) is 0 Å². The zero-order valence-corrected chi connectivity index (χ0v) is 14.8. The lowest BCUT2D eigenvalue weighted by Gasteiger charge is -2.19. The Morgan fingerprint density at radius 1 is 1.37 bits per heavy atom. The molecule has 1 aliphatic carbocycles. The van der Waals surface area contributed by atoms with Crippen LogP contribution in [0.1, 0.15) is 33.1 Å². The van der Waals surface area contributed by atoms with Gasteiger partial charge in [0, 0.05) is 32.7 Å². The highest BCUT2D eigenvalue weighted by Crippen LogP contribution is 2.25. The number of guanidine groups is 1. The molecule has 0 bridgehead atoms. The average molecular weight is 380 g/mol. The molecular formula is C14H29IN4. The van der Waals surface area contributed by atoms with Gasteiger partial charge >= 0.3 is 0 Å². The minimum absolute atomic E-state index is 0. The molecule has 4 nitrogen and oxygen atoms in total. The largest absolute Gasteiger partial charge is 0.370 e. The van der Waals surface area contributed by atoms with Gasteiger partial charge in [0.25, 0.3) is 0 Å². The number of nitrogens with zero attached hydrogens (tertiary/aromatic N) is 3. The SMILES string of the molecule is CC(C)CN1CCC(CN=C(N)N(C)C2CC2)C1.I. The normalized spacial score (nSPS) is 24.6. The van der Waals surface area contributed by atoms with Gasteiger partial charge in [0.2, 0.25) is 0 Å². The molecule has 0 spiro atoms. The van der Waals surface area contributed by atoms with Crippen molar-refractivity contribution < 1.29 is 0 Å². The average Bonchev–Trinajstić information content (AvgIpc) is 3.07. The summed E-state index contributed by atoms with van der Waals surface area (Å²) < 4.78 is 0. The summed E-state index contributed by atoms with van der Waals surface area (Å²) in [5.41, 5.74) is 6.01. The molecule has 0 amide bonds. The minimum atomic E-state index is 0. The van der Waals surface area contributed by atoms with Crippen LogP contribution in [0.3, 0.4) is 0 Å². The van der Waals surface area contributed by atoms with Gasteiger partial charge < -0.3 is 15.5 Å². The van der Waals surface area contributed by atoms with Crippen molar-refractivity contribution in [2.45, 2.75) is 39.2 Å². The summed E-state index contributed by atoms with van der Waals surface area (Å²) >= 11 is 0. The Bertz CT molecular complexity index is 302. The van der Waals surface area contributed by atoms with Crippen molar-refractivity contribution >= 4 is 29.9 Å². The van der Waals surface area contributed by atoms with Crippen molar-refractivity contribution in [3.63, 3.8) is 0 Å². The fourth-order valence-electron chi connectivity index (χ4n) is 2.73. The van der Waals surface area contributed by atoms with E-state index in [4.69, 9.17) is 5.73 Å². The summed E-state index contributed by atoms with van der Waals surface area (Å²) in [6, 6.07) is 0.662. The van der Waals surface area contributed by atoms with Gasteiger partial charge in [-0.1, -0.05) is 13.8 Å². The molecule has 1 saturated carbocycles. The van der Waals surface area contributed by atoms with E-state index in [9.17, 15) is 0 Å². The fourth-order valence-corrected chi connectivity index (χ4v) is 2.73. The van der Waals surface area contributed by atoms with Crippen LogP contribution in [0.15, 0.2) is 4.99 Å². The summed E-state index contributed by atoms with van der Waals surface area (Å²) in [7, 11) is 2.07. The van der Waals surface area contributed by atoms with Gasteiger partial charge in [-0.05, 0) is 37.6 Å². The predicted molar refractivity (Wildman–Crippen MR) is 92.1 cm³/mol. The zero-order valence-electron chi connectivity index (χ0n) is 12.5. The van der Waals surface area contributed by atoms with Crippen LogP contribution in [0.25, 0.3) is 0 Å². The van der Waals surface area contributed by atoms with E-state index in [1.807, 2.05) is 0 Å². The number of aliphatic imine (C=N–C) groups is 1. The number of hydrogen-bond acceptors (Lipinski definition) is 2. The summed E-state index contributed by atoms with van der Waals surface area (Å²) in [5, 5.41) is 0. The number of nitrogens with two attached hydrogens (primary N) is 1. The van der Waals surface area contributed by atoms with Gasteiger partial charge in [-0.2, -0.15) is 0 Å². The summed E-state index contributed by atoms with van der Waals surface area (Å²) in [5.74, 6) is 2.20. The molecule has 2 N–H and O–H groups in total. The fraction of sp³-hybridized carbons (Fsp3) is 0.929. The first kappa shape index (κ1) is 17.0. The van der Waals surface area contributed by atoms with Gasteiger partial charge in [0.15, 0.2) is 5.96 Å². The van der Waals surface area contributed by atoms with Crippen LogP contribution in [0.2, 0.25) is 0 Å². The van der Waals surface area contributed by atoms with Crippen LogP contribution in [0, 0.1) is 11.8 Å². The topological polar surface area (TPSA) is 44.9 Å². The van der Waals surface area contributed by atoms with E-state index in [0.717, 1.165) is 18.4 Å². The molecule has 2 aliphatic rings. The molecule has 0 aromatic rings. The van der Waals surface area contributed by atoms with Crippen LogP contribution < -0.4 is 5.73 Å². The van der Waals surface area contributed by atoms with Crippen molar-refractivity contribution in [1.29, 1.82) is 0 Å². The molecule has 2 fully saturated rings. The first-order chi connectivity index (χ1) is 8.56. The summed E-state index contributed by atoms with van der Waals surface area (Å²) in [6.07, 6.45) is 3.83. The highest BCUT2D eigenvalue weighted by molar-refractivity contribution is 14.0. The van der Waals surface area contributed by atoms with E-state index in [1.54, 1.807) is 0 Å². The standard InChI is InChI=1S/C14H28N4.HI/c1-11(2)9-18-7-6-12(10-18)8-16-14(15)17(3)13-4-5-13;/h11-13H,4-10H2,1-3H3,(H2,15,16);1H. The smallest absolute Gasteiger partial charge is 0.191 e. The quantitative estimate of drug-likeness (QED) is 0.451. The van der Waals surface area contributed by atoms with E-state index >= 15 is 0 Å². The second-order valence-electron chi connectivity index (χ2n) is 6.35. The van der Waals surface area contributed by atoms with E-state index in [-0.39, 0.29) is 24.0 Å². The first-order valence-electron chi connectivity index (χ1n) is 7.31. The Hall–Kier alpha value is -0.0400. The van der Waals surface area contributed by atoms with Crippen molar-refractivity contribution in [1.82, 2.24) is 9.80 Å². The van der Waals surface area contributed by atoms with Crippen LogP contribution in [0.5, 0.6) is 0 Å². The number of likely N-dealkylation sites (tertiary alicyclic amines) is 1. The lowest BCUT2D eigenvalue weighted by molar-refractivity contribution is 0.288. The number of hydrogen-bond donors (Lipinski definition) is 1. The Morgan fingerprint density at radius 3 is 2.63 bits per heavy atom. The van der Waals surface area contributed by atoms with Crippen LogP contribution >= 0.6 is 24.0 Å². The van der Waals surface area contributed by atoms with E-state index in [2.05, 4.69) is 35.7 Å². The van der Waals surface area contributed by atoms with E-state index in [0.29, 0.717) is 12.0 Å². The second kappa shape index (κ2) is 7.67. The van der Waals surface area contributed by atoms with Crippen molar-refractivity contribution in [3.05, 3.63) is 0 Å². The lowest BCUT2D eigenvalue weighted by atomic mass is 10.1. The Balaban J connectivity index is 0.00000180. The molecule has 1 aliphatic heterocycles. The first-order valence-corrected chi connectivity index (χ1v) is 7.31. The molecule has 0 aromatic heterocycles. The van der Waals surface area contributed by atoms with Crippen molar-refractivity contribution in [2.75, 3.05) is 33.2 Å². The third-order valence-corrected chi connectivity index (χ3v) is 3.96. The van der Waals surface area contributed by atoms with E-state index < -0.39 is 0 Å². The van der Waals surface area contributed by atoms with Gasteiger partial charge in [-0.25, -0.2) is 0 Å². The molecule has 1 saturated heterocycles. The molecule has 2 rings (SSSR count). The monoisotopic (exact) mass is 380 g/mol. The van der Waals surface area contributed by atoms with Gasteiger partial charge in [-0.15, -0.1) is 24.0 Å². The Labute approximate surface area is 134 Å². The highest BCUT2D eigenvalue weighted by Gasteiger charge is 2.28. The molecule has 112 valence electrons. The molecule has 0 aromatic carbocycles. The van der Waals surface area contributed by atoms with Crippen LogP contribution in [-0.4, -0.2) is 55.0 Å². The maximum Gasteiger partial charge on any atom is 0.191 e. The second-order valence-corrected chi connectivity index (χ2v) is 6.35. The Kier molecular flexibility index (Phi) is 6.86. The third kappa shape index (κ3) is 5.45. The molecule has 0 radical (unpaired) electrons. The van der Waals surface area contributed by atoms with Gasteiger partial charge in [0.05, 0.1) is 0 Å². The molecule has 5 heteroatoms. The van der Waals surface area contributed by atoms with Crippen molar-refractivity contribution in [2.24, 2.45) is 22.6 Å². The van der Waals surface area contributed by atoms with Crippen LogP contribution in [-0.2, 0) is 0 Å². The maximum absolute atomic E-state index is 6.01. The van der Waals surface area contributed by atoms with Gasteiger partial charge in [-0.3, -0.25) is 4.99 Å². The van der Waals surface area contributed by atoms with Crippen molar-refractivity contribution in [3.8, 4) is 0 Å². The van der Waals surface area contributed by atoms with Gasteiger partial charge in [0.1, 0.15) is 0 Å². The molecule has 1 heterocycles. The Morgan fingerprint density at radius 2 is 2.05 bits per heavy atom. The number of halogens is 1. The molecule has 1 atom stereocenters. The number of rotatable bonds is 5. The third-order valence-electron chi connectivity index (χ3n) is 3.96. The summed E-state index contributed by atoms with van der Waals surface area (Å²) in [6.45, 7) is 9.12. The molecule has 19 heavy (non-hydrogen) atoms. The molecule has 1 unspecified atom stereocenters.